The van der Waals surface area contributed by atoms with Crippen molar-refractivity contribution in [2.45, 2.75) is 66.2 Å². The average Bonchev–Trinajstić information content (AvgIpc) is 3.53. The maximum absolute atomic E-state index is 3.22. The summed E-state index contributed by atoms with van der Waals surface area (Å²) in [6, 6.07) is 37.3. The van der Waals surface area contributed by atoms with Crippen molar-refractivity contribution in [1.82, 2.24) is 0 Å². The molecule has 0 saturated carbocycles. The second-order valence-electron chi connectivity index (χ2n) is 13.3. The number of fused-ring (bicyclic) bond motifs is 3. The number of hydrogen-bond acceptors (Lipinski definition) is 0. The van der Waals surface area contributed by atoms with E-state index in [4.69, 9.17) is 0 Å². The summed E-state index contributed by atoms with van der Waals surface area (Å²) in [6.07, 6.45) is 7.47. The Morgan fingerprint density at radius 1 is 0.659 bits per heavy atom. The molecule has 0 nitrogen and oxygen atoms in total. The Morgan fingerprint density at radius 2 is 1.07 bits per heavy atom. The Morgan fingerprint density at radius 3 is 1.36 bits per heavy atom. The van der Waals surface area contributed by atoms with Crippen LogP contribution in [-0.4, -0.2) is 3.21 Å². The van der Waals surface area contributed by atoms with Crippen molar-refractivity contribution in [2.24, 2.45) is 5.92 Å². The fraction of sp³-hybridized carbons (Fsp3) is 0.268. The summed E-state index contributed by atoms with van der Waals surface area (Å²) in [5.41, 5.74) is 7.15. The average molecular weight is 699 g/mol. The van der Waals surface area contributed by atoms with Crippen LogP contribution in [0.5, 0.6) is 0 Å². The first kappa shape index (κ1) is 37.7. The van der Waals surface area contributed by atoms with Crippen LogP contribution in [0, 0.1) is 12.0 Å². The van der Waals surface area contributed by atoms with E-state index in [1.54, 1.807) is 0 Å². The van der Waals surface area contributed by atoms with Crippen LogP contribution in [0.15, 0.2) is 121 Å². The van der Waals surface area contributed by atoms with Gasteiger partial charge in [0.2, 0.25) is 0 Å². The Bertz CT molecular complexity index is 1600. The van der Waals surface area contributed by atoms with Crippen molar-refractivity contribution in [3.8, 4) is 0 Å². The molecule has 5 aromatic carbocycles. The van der Waals surface area contributed by atoms with Gasteiger partial charge in [-0.15, -0.1) is 39.7 Å². The predicted octanol–water partition coefficient (Wildman–Crippen LogP) is 5.06. The third-order valence-electron chi connectivity index (χ3n) is 7.65. The molecule has 1 aliphatic rings. The Labute approximate surface area is 293 Å². The van der Waals surface area contributed by atoms with Gasteiger partial charge < -0.3 is 24.8 Å². The zero-order valence-electron chi connectivity index (χ0n) is 27.3. The molecule has 0 bridgehead atoms. The predicted molar refractivity (Wildman–Crippen MR) is 181 cm³/mol. The van der Waals surface area contributed by atoms with Crippen LogP contribution in [0.4, 0.5) is 0 Å². The molecule has 0 spiro atoms. The summed E-state index contributed by atoms with van der Waals surface area (Å²) in [7, 11) is 0. The summed E-state index contributed by atoms with van der Waals surface area (Å²) < 4.78 is 1.42. The fourth-order valence-electron chi connectivity index (χ4n) is 5.08. The minimum absolute atomic E-state index is 0. The van der Waals surface area contributed by atoms with Gasteiger partial charge in [0.1, 0.15) is 0 Å². The van der Waals surface area contributed by atoms with Gasteiger partial charge in [-0.3, -0.25) is 6.08 Å². The first-order chi connectivity index (χ1) is 19.8. The molecule has 0 heterocycles. The summed E-state index contributed by atoms with van der Waals surface area (Å²) in [6.45, 7) is 17.8. The van der Waals surface area contributed by atoms with E-state index >= 15 is 0 Å². The van der Waals surface area contributed by atoms with Gasteiger partial charge in [-0.05, 0) is 10.8 Å². The maximum atomic E-state index is 3.22. The number of benzene rings is 4. The van der Waals surface area contributed by atoms with Crippen LogP contribution in [0.2, 0.25) is 0 Å². The van der Waals surface area contributed by atoms with Crippen LogP contribution >= 0.6 is 0 Å². The van der Waals surface area contributed by atoms with Gasteiger partial charge in [0, 0.05) is 0 Å². The normalized spacial score (nSPS) is 14.0. The molecule has 0 amide bonds. The molecule has 44 heavy (non-hydrogen) atoms. The first-order valence-corrected chi connectivity index (χ1v) is 16.2. The van der Waals surface area contributed by atoms with Crippen LogP contribution in [0.3, 0.4) is 0 Å². The molecule has 3 heteroatoms. The van der Waals surface area contributed by atoms with Gasteiger partial charge in [0.05, 0.1) is 0 Å². The Balaban J connectivity index is 0.000000253. The SMILES string of the molecule is CC(C)(C)c1ccc2c(c1)[cH-]c1cc(C(C)(C)C)ccc12.CC1=[C-]C(C)C=C1.[Cl-].[Cl-].[Zr+2]=[C](c1ccccc1)c1ccccc1. The van der Waals surface area contributed by atoms with Crippen molar-refractivity contribution in [3.05, 3.63) is 149 Å². The van der Waals surface area contributed by atoms with Gasteiger partial charge in [0.25, 0.3) is 0 Å². The number of halogens is 2. The summed E-state index contributed by atoms with van der Waals surface area (Å²) in [5, 5.41) is 5.48. The van der Waals surface area contributed by atoms with Gasteiger partial charge >= 0.3 is 99.2 Å². The third kappa shape index (κ3) is 10.0. The molecular weight excluding hydrogens is 655 g/mol. The summed E-state index contributed by atoms with van der Waals surface area (Å²) in [4.78, 5) is 0. The number of hydrogen-bond donors (Lipinski definition) is 0. The van der Waals surface area contributed by atoms with Crippen molar-refractivity contribution < 1.29 is 49.0 Å². The van der Waals surface area contributed by atoms with E-state index < -0.39 is 0 Å². The molecule has 1 aliphatic carbocycles. The van der Waals surface area contributed by atoms with Crippen LogP contribution in [-0.2, 0) is 35.1 Å². The van der Waals surface area contributed by atoms with Crippen LogP contribution in [0.1, 0.15) is 77.6 Å². The first-order valence-electron chi connectivity index (χ1n) is 14.9. The van der Waals surface area contributed by atoms with E-state index in [0.29, 0.717) is 5.92 Å². The summed E-state index contributed by atoms with van der Waals surface area (Å²) >= 11 is 1.46. The van der Waals surface area contributed by atoms with Gasteiger partial charge in [-0.25, -0.2) is 11.6 Å². The van der Waals surface area contributed by atoms with Gasteiger partial charge in [-0.2, -0.15) is 6.08 Å². The molecule has 0 radical (unpaired) electrons. The quantitative estimate of drug-likeness (QED) is 0.227. The van der Waals surface area contributed by atoms with E-state index in [0.717, 1.165) is 0 Å². The zero-order valence-corrected chi connectivity index (χ0v) is 31.3. The molecule has 0 saturated heterocycles. The van der Waals surface area contributed by atoms with Crippen LogP contribution in [0.25, 0.3) is 21.5 Å². The number of rotatable bonds is 2. The van der Waals surface area contributed by atoms with E-state index in [1.807, 2.05) is 0 Å². The van der Waals surface area contributed by atoms with Crippen LogP contribution < -0.4 is 24.8 Å². The monoisotopic (exact) mass is 696 g/mol. The molecule has 1 unspecified atom stereocenters. The fourth-order valence-corrected chi connectivity index (χ4v) is 5.90. The standard InChI is InChI=1S/C21H25.C13H10.C7H9.2ClH.Zr/c1-20(2,3)16-7-9-18-14(12-16)11-15-13-17(21(4,5)6)8-10-19(15)18;1-3-7-12(8-4-1)11-13-9-5-2-6-10-13;1-6-3-4-7(2)5-6;;;/h7-13H,1-6H3;1-10H;3-4,6H,1-2H3;2*1H;/q-1;;-1;;;+2/p-2. The van der Waals surface area contributed by atoms with E-state index in [9.17, 15) is 0 Å². The summed E-state index contributed by atoms with van der Waals surface area (Å²) in [5.74, 6) is 0.556. The van der Waals surface area contributed by atoms with Gasteiger partial charge in [-0.1, -0.05) is 96.7 Å². The number of allylic oxidation sites excluding steroid dienone is 4. The molecule has 0 fully saturated rings. The van der Waals surface area contributed by atoms with Crippen molar-refractivity contribution in [3.63, 3.8) is 0 Å². The van der Waals surface area contributed by atoms with Crippen molar-refractivity contribution in [1.29, 1.82) is 0 Å². The van der Waals surface area contributed by atoms with Crippen molar-refractivity contribution in [2.75, 3.05) is 0 Å². The molecule has 0 aliphatic heterocycles. The second kappa shape index (κ2) is 16.2. The molecular formula is C41H44Cl2Zr-2. The molecule has 0 aromatic heterocycles. The molecule has 228 valence electrons. The van der Waals surface area contributed by atoms with E-state index in [2.05, 4.69) is 177 Å². The molecule has 0 N–H and O–H groups in total. The second-order valence-corrected chi connectivity index (χ2v) is 14.6. The Hall–Kier alpha value is -2.44. The third-order valence-corrected chi connectivity index (χ3v) is 9.07. The molecule has 5 aromatic rings. The van der Waals surface area contributed by atoms with E-state index in [-0.39, 0.29) is 35.6 Å². The van der Waals surface area contributed by atoms with Crippen molar-refractivity contribution >= 4 is 24.8 Å². The zero-order chi connectivity index (χ0) is 30.5. The van der Waals surface area contributed by atoms with Gasteiger partial charge in [0.15, 0.2) is 0 Å². The van der Waals surface area contributed by atoms with E-state index in [1.165, 1.54) is 76.8 Å². The Kier molecular flexibility index (Phi) is 13.9. The molecule has 1 atom stereocenters. The molecule has 6 rings (SSSR count). The topological polar surface area (TPSA) is 0 Å². The minimum atomic E-state index is 0.